The Labute approximate surface area is 126 Å². The van der Waals surface area contributed by atoms with Crippen molar-refractivity contribution in [3.05, 3.63) is 23.8 Å². The van der Waals surface area contributed by atoms with Gasteiger partial charge in [0, 0.05) is 17.5 Å². The van der Waals surface area contributed by atoms with E-state index in [0.29, 0.717) is 11.3 Å². The number of hydrogen-bond acceptors (Lipinski definition) is 4. The fourth-order valence-corrected chi connectivity index (χ4v) is 2.82. The molecule has 2 N–H and O–H groups in total. The van der Waals surface area contributed by atoms with Crippen LogP contribution in [-0.2, 0) is 9.59 Å². The van der Waals surface area contributed by atoms with Gasteiger partial charge in [0.25, 0.3) is 5.91 Å². The third-order valence-corrected chi connectivity index (χ3v) is 4.59. The minimum Gasteiger partial charge on any atom is -0.480 e. The second-order valence-corrected chi connectivity index (χ2v) is 6.27. The topological polar surface area (TPSA) is 86.7 Å². The predicted molar refractivity (Wildman–Crippen MR) is 79.6 cm³/mol. The van der Waals surface area contributed by atoms with E-state index in [9.17, 15) is 14.4 Å². The van der Waals surface area contributed by atoms with Crippen molar-refractivity contribution in [3.63, 3.8) is 0 Å². The maximum absolute atomic E-state index is 12.3. The zero-order valence-electron chi connectivity index (χ0n) is 11.9. The van der Waals surface area contributed by atoms with Crippen molar-refractivity contribution in [1.29, 1.82) is 0 Å². The van der Waals surface area contributed by atoms with E-state index < -0.39 is 17.9 Å². The van der Waals surface area contributed by atoms with Gasteiger partial charge in [-0.25, -0.2) is 4.79 Å². The van der Waals surface area contributed by atoms with Gasteiger partial charge in [-0.05, 0) is 32.0 Å². The number of anilines is 1. The van der Waals surface area contributed by atoms with Crippen LogP contribution in [0.15, 0.2) is 23.1 Å². The minimum atomic E-state index is -1.07. The van der Waals surface area contributed by atoms with Crippen LogP contribution < -0.4 is 5.32 Å². The van der Waals surface area contributed by atoms with Crippen molar-refractivity contribution in [2.24, 2.45) is 0 Å². The van der Waals surface area contributed by atoms with Crippen molar-refractivity contribution in [3.8, 4) is 0 Å². The second-order valence-electron chi connectivity index (χ2n) is 4.89. The lowest BCUT2D eigenvalue weighted by Gasteiger charge is -2.24. The number of carbonyl (C=O) groups excluding carboxylic acids is 2. The van der Waals surface area contributed by atoms with E-state index in [2.05, 4.69) is 5.32 Å². The Morgan fingerprint density at radius 1 is 1.43 bits per heavy atom. The minimum absolute atomic E-state index is 0.107. The van der Waals surface area contributed by atoms with Crippen molar-refractivity contribution in [2.45, 2.75) is 30.0 Å². The van der Waals surface area contributed by atoms with E-state index in [1.165, 1.54) is 25.7 Å². The number of nitrogens with zero attached hydrogens (tertiary/aromatic N) is 1. The number of carboxylic acids is 1. The Hall–Kier alpha value is -2.02. The summed E-state index contributed by atoms with van der Waals surface area (Å²) in [5.41, 5.74) is 0.935. The maximum atomic E-state index is 12.3. The normalized spacial score (nSPS) is 18.4. The molecule has 2 unspecified atom stereocenters. The van der Waals surface area contributed by atoms with Gasteiger partial charge in [-0.2, -0.15) is 0 Å². The van der Waals surface area contributed by atoms with Crippen molar-refractivity contribution in [1.82, 2.24) is 4.90 Å². The summed E-state index contributed by atoms with van der Waals surface area (Å²) in [6.45, 7) is 3.25. The summed E-state index contributed by atoms with van der Waals surface area (Å²) in [5.74, 6) is -1.57. The summed E-state index contributed by atoms with van der Waals surface area (Å²) in [7, 11) is 1.44. The molecule has 1 aromatic rings. The standard InChI is InChI=1S/C14H16N2O4S/c1-7(14(19)20)16(3)13(18)9-4-5-11-10(6-9)15-12(17)8(2)21-11/h4-8H,1-3H3,(H,15,17)(H,19,20). The predicted octanol–water partition coefficient (Wildman–Crippen LogP) is 1.66. The molecule has 0 saturated carbocycles. The van der Waals surface area contributed by atoms with E-state index in [1.54, 1.807) is 18.2 Å². The first-order valence-corrected chi connectivity index (χ1v) is 7.30. The monoisotopic (exact) mass is 308 g/mol. The van der Waals surface area contributed by atoms with Crippen LogP contribution >= 0.6 is 11.8 Å². The number of rotatable bonds is 3. The van der Waals surface area contributed by atoms with Gasteiger partial charge in [-0.15, -0.1) is 11.8 Å². The average molecular weight is 308 g/mol. The number of likely N-dealkylation sites (N-methyl/N-ethyl adjacent to an activating group) is 1. The largest absolute Gasteiger partial charge is 0.480 e. The van der Waals surface area contributed by atoms with Crippen LogP contribution in [0, 0.1) is 0 Å². The molecule has 0 radical (unpaired) electrons. The molecule has 1 aromatic carbocycles. The third kappa shape index (κ3) is 3.02. The summed E-state index contributed by atoms with van der Waals surface area (Å²) >= 11 is 1.43. The molecule has 2 amide bonds. The zero-order valence-corrected chi connectivity index (χ0v) is 12.7. The Bertz CT molecular complexity index is 617. The maximum Gasteiger partial charge on any atom is 0.326 e. The molecular formula is C14H16N2O4S. The van der Waals surface area contributed by atoms with E-state index in [0.717, 1.165) is 9.80 Å². The number of hydrogen-bond donors (Lipinski definition) is 2. The number of amides is 2. The fraction of sp³-hybridized carbons (Fsp3) is 0.357. The molecule has 7 heteroatoms. The molecule has 112 valence electrons. The molecule has 0 aliphatic carbocycles. The molecule has 0 fully saturated rings. The first kappa shape index (κ1) is 15.4. The average Bonchev–Trinajstić information content (AvgIpc) is 2.45. The lowest BCUT2D eigenvalue weighted by molar-refractivity contribution is -0.141. The molecule has 1 heterocycles. The van der Waals surface area contributed by atoms with Gasteiger partial charge >= 0.3 is 5.97 Å². The quantitative estimate of drug-likeness (QED) is 0.887. The van der Waals surface area contributed by atoms with E-state index in [1.807, 2.05) is 6.92 Å². The lowest BCUT2D eigenvalue weighted by Crippen LogP contribution is -2.40. The van der Waals surface area contributed by atoms with Crippen LogP contribution in [0.25, 0.3) is 0 Å². The number of fused-ring (bicyclic) bond motifs is 1. The van der Waals surface area contributed by atoms with E-state index in [4.69, 9.17) is 5.11 Å². The first-order valence-electron chi connectivity index (χ1n) is 6.42. The van der Waals surface area contributed by atoms with Crippen molar-refractivity contribution >= 4 is 35.2 Å². The molecule has 2 atom stereocenters. The molecule has 1 aliphatic rings. The fourth-order valence-electron chi connectivity index (χ4n) is 1.89. The number of benzene rings is 1. The Kier molecular flexibility index (Phi) is 4.22. The highest BCUT2D eigenvalue weighted by Gasteiger charge is 2.26. The summed E-state index contributed by atoms with van der Waals surface area (Å²) in [6.07, 6.45) is 0. The van der Waals surface area contributed by atoms with Crippen LogP contribution in [0.4, 0.5) is 5.69 Å². The third-order valence-electron chi connectivity index (χ3n) is 3.42. The Morgan fingerprint density at radius 2 is 2.10 bits per heavy atom. The molecule has 21 heavy (non-hydrogen) atoms. The summed E-state index contributed by atoms with van der Waals surface area (Å²) < 4.78 is 0. The van der Waals surface area contributed by atoms with Gasteiger partial charge < -0.3 is 15.3 Å². The van der Waals surface area contributed by atoms with Crippen LogP contribution in [0.3, 0.4) is 0 Å². The van der Waals surface area contributed by atoms with Gasteiger partial charge in [0.1, 0.15) is 6.04 Å². The van der Waals surface area contributed by atoms with Crippen molar-refractivity contribution in [2.75, 3.05) is 12.4 Å². The van der Waals surface area contributed by atoms with E-state index >= 15 is 0 Å². The van der Waals surface area contributed by atoms with Gasteiger partial charge in [0.05, 0.1) is 10.9 Å². The van der Waals surface area contributed by atoms with Crippen LogP contribution in [0.5, 0.6) is 0 Å². The molecule has 0 saturated heterocycles. The Morgan fingerprint density at radius 3 is 2.71 bits per heavy atom. The SMILES string of the molecule is CC1Sc2ccc(C(=O)N(C)C(C)C(=O)O)cc2NC1=O. The number of carboxylic acid groups (broad SMARTS) is 1. The Balaban J connectivity index is 2.26. The van der Waals surface area contributed by atoms with Gasteiger partial charge in [-0.1, -0.05) is 0 Å². The van der Waals surface area contributed by atoms with E-state index in [-0.39, 0.29) is 11.2 Å². The highest BCUT2D eigenvalue weighted by molar-refractivity contribution is 8.00. The number of carbonyl (C=O) groups is 3. The zero-order chi connectivity index (χ0) is 15.7. The summed E-state index contributed by atoms with van der Waals surface area (Å²) in [6, 6.07) is 4.07. The second kappa shape index (κ2) is 5.77. The van der Waals surface area contributed by atoms with Gasteiger partial charge in [0.15, 0.2) is 0 Å². The number of thioether (sulfide) groups is 1. The van der Waals surface area contributed by atoms with Crippen LogP contribution in [0.2, 0.25) is 0 Å². The number of aliphatic carboxylic acids is 1. The molecule has 6 nitrogen and oxygen atoms in total. The van der Waals surface area contributed by atoms with Crippen LogP contribution in [0.1, 0.15) is 24.2 Å². The first-order chi connectivity index (χ1) is 9.81. The summed E-state index contributed by atoms with van der Waals surface area (Å²) in [5, 5.41) is 11.5. The molecule has 0 spiro atoms. The molecule has 0 bridgehead atoms. The smallest absolute Gasteiger partial charge is 0.326 e. The van der Waals surface area contributed by atoms with Crippen LogP contribution in [-0.4, -0.2) is 46.1 Å². The lowest BCUT2D eigenvalue weighted by atomic mass is 10.1. The highest BCUT2D eigenvalue weighted by atomic mass is 32.2. The van der Waals surface area contributed by atoms with Crippen molar-refractivity contribution < 1.29 is 19.5 Å². The highest BCUT2D eigenvalue weighted by Crippen LogP contribution is 2.36. The molecular weight excluding hydrogens is 292 g/mol. The van der Waals surface area contributed by atoms with Gasteiger partial charge in [-0.3, -0.25) is 9.59 Å². The summed E-state index contributed by atoms with van der Waals surface area (Å²) in [4.78, 5) is 36.9. The molecule has 0 aromatic heterocycles. The number of nitrogens with one attached hydrogen (secondary N) is 1. The molecule has 1 aliphatic heterocycles. The molecule has 2 rings (SSSR count). The van der Waals surface area contributed by atoms with Gasteiger partial charge in [0.2, 0.25) is 5.91 Å².